The molecule has 25 heavy (non-hydrogen) atoms. The molecule has 0 unspecified atom stereocenters. The molecule has 0 saturated carbocycles. The molecule has 1 saturated heterocycles. The molecule has 1 aliphatic heterocycles. The summed E-state index contributed by atoms with van der Waals surface area (Å²) in [4.78, 5) is 34.4. The van der Waals surface area contributed by atoms with Gasteiger partial charge in [0.1, 0.15) is 18.2 Å². The number of carbonyl (C=O) groups is 2. The van der Waals surface area contributed by atoms with Gasteiger partial charge in [0.25, 0.3) is 5.91 Å². The van der Waals surface area contributed by atoms with Crippen LogP contribution in [0.25, 0.3) is 11.3 Å². The van der Waals surface area contributed by atoms with Gasteiger partial charge in [-0.15, -0.1) is 0 Å². The van der Waals surface area contributed by atoms with Crippen LogP contribution in [-0.4, -0.2) is 48.5 Å². The zero-order chi connectivity index (χ0) is 17.8. The van der Waals surface area contributed by atoms with E-state index in [1.54, 1.807) is 12.1 Å². The van der Waals surface area contributed by atoms with Gasteiger partial charge in [-0.3, -0.25) is 9.59 Å². The second-order valence-electron chi connectivity index (χ2n) is 6.19. The lowest BCUT2D eigenvalue weighted by atomic mass is 10.0. The van der Waals surface area contributed by atoms with Crippen LogP contribution in [-0.2, 0) is 4.79 Å². The van der Waals surface area contributed by atoms with Crippen molar-refractivity contribution in [3.05, 3.63) is 42.2 Å². The summed E-state index contributed by atoms with van der Waals surface area (Å²) in [5.74, 6) is 0.453. The van der Waals surface area contributed by atoms with Gasteiger partial charge in [-0.1, -0.05) is 12.1 Å². The predicted octanol–water partition coefficient (Wildman–Crippen LogP) is 1.22. The van der Waals surface area contributed by atoms with Gasteiger partial charge in [0.15, 0.2) is 0 Å². The number of hydrogen-bond donors (Lipinski definition) is 2. The van der Waals surface area contributed by atoms with Crippen LogP contribution in [0.15, 0.2) is 36.7 Å². The van der Waals surface area contributed by atoms with E-state index in [-0.39, 0.29) is 11.8 Å². The number of nitrogens with one attached hydrogen (secondary N) is 2. The normalized spacial score (nSPS) is 16.9. The van der Waals surface area contributed by atoms with Crippen LogP contribution in [0.3, 0.4) is 0 Å². The van der Waals surface area contributed by atoms with Gasteiger partial charge < -0.3 is 15.5 Å². The van der Waals surface area contributed by atoms with Crippen LogP contribution in [0.1, 0.15) is 23.2 Å². The van der Waals surface area contributed by atoms with Crippen molar-refractivity contribution in [3.8, 4) is 11.3 Å². The van der Waals surface area contributed by atoms with E-state index in [1.165, 1.54) is 6.33 Å². The SMILES string of the molecule is CN(C)c1cc(-c2ccc(C(=O)N[C@@H]3CCCNC3=O)cc2)ncn1. The average Bonchev–Trinajstić information content (AvgIpc) is 2.64. The Morgan fingerprint density at radius 3 is 2.68 bits per heavy atom. The average molecular weight is 339 g/mol. The van der Waals surface area contributed by atoms with Crippen molar-refractivity contribution in [1.29, 1.82) is 0 Å². The van der Waals surface area contributed by atoms with Crippen LogP contribution < -0.4 is 15.5 Å². The van der Waals surface area contributed by atoms with Crippen molar-refractivity contribution in [1.82, 2.24) is 20.6 Å². The number of aromatic nitrogens is 2. The van der Waals surface area contributed by atoms with Crippen LogP contribution >= 0.6 is 0 Å². The van der Waals surface area contributed by atoms with Crippen molar-refractivity contribution in [2.24, 2.45) is 0 Å². The molecule has 1 aliphatic rings. The summed E-state index contributed by atoms with van der Waals surface area (Å²) in [6, 6.07) is 8.60. The standard InChI is InChI=1S/C18H21N5O2/c1-23(2)16-10-15(20-11-21-16)12-5-7-13(8-6-12)17(24)22-14-4-3-9-19-18(14)25/h5-8,10-11,14H,3-4,9H2,1-2H3,(H,19,25)(H,22,24)/t14-/m1/s1. The lowest BCUT2D eigenvalue weighted by molar-refractivity contribution is -0.124. The monoisotopic (exact) mass is 339 g/mol. The maximum Gasteiger partial charge on any atom is 0.251 e. The third-order valence-corrected chi connectivity index (χ3v) is 4.14. The number of anilines is 1. The van der Waals surface area contributed by atoms with Gasteiger partial charge >= 0.3 is 0 Å². The lowest BCUT2D eigenvalue weighted by Gasteiger charge is -2.22. The Labute approximate surface area is 146 Å². The Morgan fingerprint density at radius 2 is 2.00 bits per heavy atom. The lowest BCUT2D eigenvalue weighted by Crippen LogP contribution is -2.50. The molecule has 3 rings (SSSR count). The van der Waals surface area contributed by atoms with E-state index >= 15 is 0 Å². The Hall–Kier alpha value is -2.96. The van der Waals surface area contributed by atoms with E-state index in [4.69, 9.17) is 0 Å². The molecule has 2 amide bonds. The van der Waals surface area contributed by atoms with Crippen LogP contribution in [0.4, 0.5) is 5.82 Å². The summed E-state index contributed by atoms with van der Waals surface area (Å²) in [5.41, 5.74) is 2.21. The van der Waals surface area contributed by atoms with E-state index in [0.717, 1.165) is 23.5 Å². The molecule has 1 aromatic heterocycles. The Morgan fingerprint density at radius 1 is 1.24 bits per heavy atom. The molecule has 0 aliphatic carbocycles. The van der Waals surface area contributed by atoms with Crippen LogP contribution in [0.5, 0.6) is 0 Å². The van der Waals surface area contributed by atoms with Gasteiger partial charge in [0, 0.05) is 37.8 Å². The fourth-order valence-electron chi connectivity index (χ4n) is 2.69. The maximum atomic E-state index is 12.3. The first kappa shape index (κ1) is 16.9. The summed E-state index contributed by atoms with van der Waals surface area (Å²) in [5, 5.41) is 5.55. The van der Waals surface area contributed by atoms with E-state index in [1.807, 2.05) is 37.2 Å². The summed E-state index contributed by atoms with van der Waals surface area (Å²) in [7, 11) is 3.84. The molecular weight excluding hydrogens is 318 g/mol. The highest BCUT2D eigenvalue weighted by molar-refractivity contribution is 5.98. The highest BCUT2D eigenvalue weighted by atomic mass is 16.2. The fraction of sp³-hybridized carbons (Fsp3) is 0.333. The number of piperidine rings is 1. The molecule has 130 valence electrons. The number of rotatable bonds is 4. The summed E-state index contributed by atoms with van der Waals surface area (Å²) in [6.45, 7) is 0.674. The highest BCUT2D eigenvalue weighted by Crippen LogP contribution is 2.20. The molecule has 7 nitrogen and oxygen atoms in total. The largest absolute Gasteiger partial charge is 0.363 e. The number of nitrogens with zero attached hydrogens (tertiary/aromatic N) is 3. The Bertz CT molecular complexity index is 773. The topological polar surface area (TPSA) is 87.2 Å². The minimum Gasteiger partial charge on any atom is -0.363 e. The van der Waals surface area contributed by atoms with Crippen molar-refractivity contribution < 1.29 is 9.59 Å². The van der Waals surface area contributed by atoms with Crippen LogP contribution in [0.2, 0.25) is 0 Å². The molecule has 0 spiro atoms. The second-order valence-corrected chi connectivity index (χ2v) is 6.19. The smallest absolute Gasteiger partial charge is 0.251 e. The van der Waals surface area contributed by atoms with Crippen molar-refractivity contribution in [3.63, 3.8) is 0 Å². The maximum absolute atomic E-state index is 12.3. The molecule has 2 N–H and O–H groups in total. The van der Waals surface area contributed by atoms with Gasteiger partial charge in [-0.05, 0) is 25.0 Å². The number of benzene rings is 1. The summed E-state index contributed by atoms with van der Waals surface area (Å²) >= 11 is 0. The quantitative estimate of drug-likeness (QED) is 0.874. The second kappa shape index (κ2) is 7.29. The number of amides is 2. The van der Waals surface area contributed by atoms with Gasteiger partial charge in [0.2, 0.25) is 5.91 Å². The Kier molecular flexibility index (Phi) is 4.92. The zero-order valence-electron chi connectivity index (χ0n) is 14.3. The first-order valence-corrected chi connectivity index (χ1v) is 8.23. The van der Waals surface area contributed by atoms with Crippen molar-refractivity contribution >= 4 is 17.6 Å². The minimum absolute atomic E-state index is 0.117. The molecule has 2 heterocycles. The van der Waals surface area contributed by atoms with E-state index in [9.17, 15) is 9.59 Å². The van der Waals surface area contributed by atoms with Gasteiger partial charge in [-0.25, -0.2) is 9.97 Å². The van der Waals surface area contributed by atoms with Crippen molar-refractivity contribution in [2.45, 2.75) is 18.9 Å². The molecule has 0 bridgehead atoms. The molecule has 0 radical (unpaired) electrons. The van der Waals surface area contributed by atoms with Crippen molar-refractivity contribution in [2.75, 3.05) is 25.5 Å². The van der Waals surface area contributed by atoms with E-state index in [0.29, 0.717) is 18.5 Å². The van der Waals surface area contributed by atoms with Gasteiger partial charge in [-0.2, -0.15) is 0 Å². The van der Waals surface area contributed by atoms with E-state index < -0.39 is 6.04 Å². The van der Waals surface area contributed by atoms with Gasteiger partial charge in [0.05, 0.1) is 5.69 Å². The predicted molar refractivity (Wildman–Crippen MR) is 95.3 cm³/mol. The fourth-order valence-corrected chi connectivity index (χ4v) is 2.69. The third kappa shape index (κ3) is 3.93. The molecule has 7 heteroatoms. The molecule has 1 atom stereocenters. The van der Waals surface area contributed by atoms with E-state index in [2.05, 4.69) is 20.6 Å². The molecule has 1 aromatic carbocycles. The molecular formula is C18H21N5O2. The minimum atomic E-state index is -0.453. The Balaban J connectivity index is 1.72. The number of carbonyl (C=O) groups excluding carboxylic acids is 2. The highest BCUT2D eigenvalue weighted by Gasteiger charge is 2.23. The molecule has 1 fully saturated rings. The van der Waals surface area contributed by atoms with Crippen LogP contribution in [0, 0.1) is 0 Å². The molecule has 2 aromatic rings. The third-order valence-electron chi connectivity index (χ3n) is 4.14. The first-order chi connectivity index (χ1) is 12.0. The summed E-state index contributed by atoms with van der Waals surface area (Å²) in [6.07, 6.45) is 3.06. The summed E-state index contributed by atoms with van der Waals surface area (Å²) < 4.78 is 0. The first-order valence-electron chi connectivity index (χ1n) is 8.23. The number of hydrogen-bond acceptors (Lipinski definition) is 5. The zero-order valence-corrected chi connectivity index (χ0v) is 14.3.